The molecule has 0 aromatic carbocycles. The first-order valence-corrected chi connectivity index (χ1v) is 5.43. The zero-order valence-corrected chi connectivity index (χ0v) is 9.56. The molecule has 0 amide bonds. The van der Waals surface area contributed by atoms with Gasteiger partial charge in [0.1, 0.15) is 6.26 Å². The fourth-order valence-electron chi connectivity index (χ4n) is 1.25. The molecular formula is C12H16O4. The van der Waals surface area contributed by atoms with Crippen LogP contribution >= 0.6 is 0 Å². The van der Waals surface area contributed by atoms with Gasteiger partial charge < -0.3 is 9.15 Å². The lowest BCUT2D eigenvalue weighted by Crippen LogP contribution is -2.20. The van der Waals surface area contributed by atoms with Crippen molar-refractivity contribution in [2.45, 2.75) is 33.1 Å². The van der Waals surface area contributed by atoms with E-state index in [4.69, 9.17) is 9.15 Å². The lowest BCUT2D eigenvalue weighted by atomic mass is 10.1. The molecule has 0 aliphatic heterocycles. The molecule has 1 aromatic rings. The molecule has 16 heavy (non-hydrogen) atoms. The maximum Gasteiger partial charge on any atom is 0.314 e. The molecule has 0 fully saturated rings. The van der Waals surface area contributed by atoms with E-state index < -0.39 is 0 Å². The third-order valence-corrected chi connectivity index (χ3v) is 2.32. The summed E-state index contributed by atoms with van der Waals surface area (Å²) in [6, 6.07) is 1.22. The Morgan fingerprint density at radius 3 is 2.94 bits per heavy atom. The number of rotatable bonds is 5. The Morgan fingerprint density at radius 1 is 1.56 bits per heavy atom. The van der Waals surface area contributed by atoms with Crippen LogP contribution in [0.3, 0.4) is 0 Å². The molecule has 0 aliphatic rings. The smallest absolute Gasteiger partial charge is 0.314 e. The van der Waals surface area contributed by atoms with Crippen molar-refractivity contribution in [3.8, 4) is 5.75 Å². The molecule has 0 N–H and O–H groups in total. The Balaban J connectivity index is 2.58. The summed E-state index contributed by atoms with van der Waals surface area (Å²) in [6.07, 6.45) is 5.17. The van der Waals surface area contributed by atoms with Crippen LogP contribution in [0.1, 0.15) is 33.1 Å². The fourth-order valence-corrected chi connectivity index (χ4v) is 1.25. The van der Waals surface area contributed by atoms with Crippen molar-refractivity contribution in [2.24, 2.45) is 5.92 Å². The van der Waals surface area contributed by atoms with Crippen LogP contribution in [0.15, 0.2) is 27.8 Å². The minimum Gasteiger partial charge on any atom is -0.468 e. The predicted molar refractivity (Wildman–Crippen MR) is 59.3 cm³/mol. The largest absolute Gasteiger partial charge is 0.468 e. The number of carbonyl (C=O) groups excluding carboxylic acids is 1. The molecule has 0 aliphatic carbocycles. The molecule has 1 atom stereocenters. The van der Waals surface area contributed by atoms with Crippen molar-refractivity contribution in [3.63, 3.8) is 0 Å². The topological polar surface area (TPSA) is 56.5 Å². The van der Waals surface area contributed by atoms with Crippen molar-refractivity contribution in [1.82, 2.24) is 0 Å². The molecule has 1 rings (SSSR count). The average Bonchev–Trinajstić information content (AvgIpc) is 2.28. The van der Waals surface area contributed by atoms with Gasteiger partial charge in [0.25, 0.3) is 0 Å². The lowest BCUT2D eigenvalue weighted by molar-refractivity contribution is -0.138. The van der Waals surface area contributed by atoms with Crippen LogP contribution < -0.4 is 10.2 Å². The van der Waals surface area contributed by atoms with Crippen LogP contribution in [-0.4, -0.2) is 5.97 Å². The van der Waals surface area contributed by atoms with E-state index in [9.17, 15) is 9.59 Å². The molecule has 0 saturated heterocycles. The maximum atomic E-state index is 11.6. The van der Waals surface area contributed by atoms with Gasteiger partial charge in [-0.2, -0.15) is 0 Å². The summed E-state index contributed by atoms with van der Waals surface area (Å²) in [5, 5.41) is 0. The van der Waals surface area contributed by atoms with Gasteiger partial charge in [0, 0.05) is 6.07 Å². The zero-order valence-electron chi connectivity index (χ0n) is 9.56. The summed E-state index contributed by atoms with van der Waals surface area (Å²) >= 11 is 0. The molecule has 88 valence electrons. The second-order valence-corrected chi connectivity index (χ2v) is 3.75. The van der Waals surface area contributed by atoms with E-state index in [-0.39, 0.29) is 23.1 Å². The molecular weight excluding hydrogens is 208 g/mol. The number of hydrogen-bond acceptors (Lipinski definition) is 4. The summed E-state index contributed by atoms with van der Waals surface area (Å²) in [6.45, 7) is 3.85. The zero-order chi connectivity index (χ0) is 12.0. The molecule has 0 spiro atoms. The second-order valence-electron chi connectivity index (χ2n) is 3.75. The van der Waals surface area contributed by atoms with Crippen molar-refractivity contribution < 1.29 is 13.9 Å². The molecule has 1 unspecified atom stereocenters. The number of esters is 1. The maximum absolute atomic E-state index is 11.6. The highest BCUT2D eigenvalue weighted by Gasteiger charge is 2.16. The van der Waals surface area contributed by atoms with Gasteiger partial charge in [-0.05, 0) is 6.42 Å². The normalized spacial score (nSPS) is 12.1. The minimum atomic E-state index is -0.382. The molecule has 4 heteroatoms. The highest BCUT2D eigenvalue weighted by Crippen LogP contribution is 2.11. The van der Waals surface area contributed by atoms with Crippen molar-refractivity contribution in [2.75, 3.05) is 0 Å². The van der Waals surface area contributed by atoms with Gasteiger partial charge in [-0.25, -0.2) is 0 Å². The first-order chi connectivity index (χ1) is 7.65. The predicted octanol–water partition coefficient (Wildman–Crippen LogP) is 2.37. The van der Waals surface area contributed by atoms with Gasteiger partial charge in [0.05, 0.1) is 12.2 Å². The standard InChI is InChI=1S/C12H16O4/c1-3-4-5-9(2)12(14)16-11-8-15-7-6-10(11)13/h6-9H,3-5H2,1-2H3. The molecule has 1 heterocycles. The summed E-state index contributed by atoms with van der Waals surface area (Å²) in [5.74, 6) is -0.623. The van der Waals surface area contributed by atoms with Crippen LogP contribution in [-0.2, 0) is 4.79 Å². The van der Waals surface area contributed by atoms with E-state index in [2.05, 4.69) is 6.92 Å². The van der Waals surface area contributed by atoms with E-state index in [1.165, 1.54) is 12.3 Å². The Morgan fingerprint density at radius 2 is 2.31 bits per heavy atom. The van der Waals surface area contributed by atoms with Crippen LogP contribution in [0.4, 0.5) is 0 Å². The molecule has 0 saturated carbocycles. The van der Waals surface area contributed by atoms with Gasteiger partial charge >= 0.3 is 5.97 Å². The molecule has 0 bridgehead atoms. The van der Waals surface area contributed by atoms with E-state index in [0.29, 0.717) is 0 Å². The number of ether oxygens (including phenoxy) is 1. The Kier molecular flexibility index (Phi) is 4.76. The first kappa shape index (κ1) is 12.5. The number of carbonyl (C=O) groups is 1. The third kappa shape index (κ3) is 3.53. The SMILES string of the molecule is CCCCC(C)C(=O)Oc1coccc1=O. The summed E-state index contributed by atoms with van der Waals surface area (Å²) < 4.78 is 9.73. The van der Waals surface area contributed by atoms with Crippen LogP contribution in [0.5, 0.6) is 5.75 Å². The third-order valence-electron chi connectivity index (χ3n) is 2.32. The van der Waals surface area contributed by atoms with Gasteiger partial charge in [0.15, 0.2) is 0 Å². The number of hydrogen-bond donors (Lipinski definition) is 0. The van der Waals surface area contributed by atoms with Crippen LogP contribution in [0.2, 0.25) is 0 Å². The highest BCUT2D eigenvalue weighted by molar-refractivity contribution is 5.74. The van der Waals surface area contributed by atoms with Crippen molar-refractivity contribution >= 4 is 5.97 Å². The summed E-state index contributed by atoms with van der Waals surface area (Å²) in [4.78, 5) is 22.8. The number of unbranched alkanes of at least 4 members (excludes halogenated alkanes) is 1. The van der Waals surface area contributed by atoms with Crippen LogP contribution in [0, 0.1) is 5.92 Å². The van der Waals surface area contributed by atoms with Gasteiger partial charge in [-0.3, -0.25) is 9.59 Å². The van der Waals surface area contributed by atoms with Crippen molar-refractivity contribution in [3.05, 3.63) is 28.8 Å². The van der Waals surface area contributed by atoms with Crippen LogP contribution in [0.25, 0.3) is 0 Å². The molecule has 4 nitrogen and oxygen atoms in total. The Labute approximate surface area is 94.2 Å². The van der Waals surface area contributed by atoms with Crippen molar-refractivity contribution in [1.29, 1.82) is 0 Å². The monoisotopic (exact) mass is 224 g/mol. The van der Waals surface area contributed by atoms with E-state index in [0.717, 1.165) is 25.5 Å². The molecule has 1 aromatic heterocycles. The Bertz CT molecular complexity index is 394. The molecule has 0 radical (unpaired) electrons. The highest BCUT2D eigenvalue weighted by atomic mass is 16.5. The minimum absolute atomic E-state index is 0.0455. The van der Waals surface area contributed by atoms with E-state index in [1.54, 1.807) is 6.92 Å². The summed E-state index contributed by atoms with van der Waals surface area (Å²) in [7, 11) is 0. The quantitative estimate of drug-likeness (QED) is 0.720. The average molecular weight is 224 g/mol. The van der Waals surface area contributed by atoms with E-state index in [1.807, 2.05) is 0 Å². The Hall–Kier alpha value is -1.58. The van der Waals surface area contributed by atoms with E-state index >= 15 is 0 Å². The van der Waals surface area contributed by atoms with Gasteiger partial charge in [-0.15, -0.1) is 0 Å². The second kappa shape index (κ2) is 6.10. The first-order valence-electron chi connectivity index (χ1n) is 5.43. The summed E-state index contributed by atoms with van der Waals surface area (Å²) in [5.41, 5.74) is -0.345. The van der Waals surface area contributed by atoms with Gasteiger partial charge in [0.2, 0.25) is 11.2 Å². The van der Waals surface area contributed by atoms with Gasteiger partial charge in [-0.1, -0.05) is 26.7 Å². The fraction of sp³-hybridized carbons (Fsp3) is 0.500. The lowest BCUT2D eigenvalue weighted by Gasteiger charge is -2.09.